The van der Waals surface area contributed by atoms with Crippen LogP contribution in [0.5, 0.6) is 0 Å². The van der Waals surface area contributed by atoms with E-state index in [9.17, 15) is 14.3 Å². The predicted octanol–water partition coefficient (Wildman–Crippen LogP) is 0.653. The second-order valence-corrected chi connectivity index (χ2v) is 2.81. The van der Waals surface area contributed by atoms with Gasteiger partial charge in [-0.15, -0.1) is 0 Å². The van der Waals surface area contributed by atoms with Crippen molar-refractivity contribution in [1.29, 1.82) is 0 Å². The first-order valence-electron chi connectivity index (χ1n) is 3.76. The van der Waals surface area contributed by atoms with E-state index in [1.54, 1.807) is 6.92 Å². The van der Waals surface area contributed by atoms with Gasteiger partial charge in [0.2, 0.25) is 0 Å². The summed E-state index contributed by atoms with van der Waals surface area (Å²) in [4.78, 5) is 10.6. The van der Waals surface area contributed by atoms with Gasteiger partial charge >= 0.3 is 0 Å². The van der Waals surface area contributed by atoms with Gasteiger partial charge in [-0.3, -0.25) is 4.79 Å². The van der Waals surface area contributed by atoms with Crippen molar-refractivity contribution in [3.63, 3.8) is 0 Å². The van der Waals surface area contributed by atoms with E-state index in [0.717, 1.165) is 0 Å². The predicted molar refractivity (Wildman–Crippen MR) is 45.3 cm³/mol. The molecule has 1 unspecified atom stereocenters. The molecule has 0 aliphatic rings. The molecule has 0 radical (unpaired) electrons. The van der Waals surface area contributed by atoms with Crippen LogP contribution in [0, 0.1) is 12.7 Å². The third-order valence-corrected chi connectivity index (χ3v) is 1.80. The van der Waals surface area contributed by atoms with Crippen molar-refractivity contribution in [2.75, 3.05) is 0 Å². The largest absolute Gasteiger partial charge is 0.378 e. The van der Waals surface area contributed by atoms with Gasteiger partial charge in [0, 0.05) is 0 Å². The number of benzene rings is 1. The van der Waals surface area contributed by atoms with E-state index in [0.29, 0.717) is 11.1 Å². The van der Waals surface area contributed by atoms with Crippen molar-refractivity contribution in [2.45, 2.75) is 13.0 Å². The molecule has 3 N–H and O–H groups in total. The summed E-state index contributed by atoms with van der Waals surface area (Å²) in [6, 6.07) is 3.76. The third-order valence-electron chi connectivity index (χ3n) is 1.80. The van der Waals surface area contributed by atoms with Gasteiger partial charge in [-0.2, -0.15) is 0 Å². The first-order chi connectivity index (χ1) is 6.02. The zero-order chi connectivity index (χ0) is 10.0. The lowest BCUT2D eigenvalue weighted by Gasteiger charge is -2.09. The van der Waals surface area contributed by atoms with Crippen LogP contribution < -0.4 is 5.73 Å². The fourth-order valence-corrected chi connectivity index (χ4v) is 1.10. The van der Waals surface area contributed by atoms with E-state index >= 15 is 0 Å². The van der Waals surface area contributed by atoms with Crippen molar-refractivity contribution >= 4 is 5.91 Å². The van der Waals surface area contributed by atoms with Crippen molar-refractivity contribution in [3.05, 3.63) is 35.1 Å². The van der Waals surface area contributed by atoms with Crippen LogP contribution in [0.3, 0.4) is 0 Å². The molecule has 0 bridgehead atoms. The molecule has 1 aromatic rings. The molecule has 0 saturated carbocycles. The normalized spacial score (nSPS) is 12.5. The van der Waals surface area contributed by atoms with E-state index in [4.69, 9.17) is 5.73 Å². The summed E-state index contributed by atoms with van der Waals surface area (Å²) in [6.45, 7) is 1.60. The summed E-state index contributed by atoms with van der Waals surface area (Å²) in [5, 5.41) is 9.27. The minimum Gasteiger partial charge on any atom is -0.378 e. The molecule has 1 rings (SSSR count). The number of nitrogens with two attached hydrogens (primary N) is 1. The third kappa shape index (κ3) is 2.03. The van der Waals surface area contributed by atoms with E-state index in [2.05, 4.69) is 0 Å². The summed E-state index contributed by atoms with van der Waals surface area (Å²) in [7, 11) is 0. The molecule has 0 aliphatic carbocycles. The summed E-state index contributed by atoms with van der Waals surface area (Å²) in [6.07, 6.45) is -1.36. The van der Waals surface area contributed by atoms with Crippen LogP contribution >= 0.6 is 0 Å². The Morgan fingerprint density at radius 3 is 2.69 bits per heavy atom. The number of amides is 1. The first kappa shape index (κ1) is 9.67. The Balaban J connectivity index is 3.08. The van der Waals surface area contributed by atoms with Gasteiger partial charge in [-0.05, 0) is 30.2 Å². The van der Waals surface area contributed by atoms with E-state index in [1.165, 1.54) is 18.2 Å². The average molecular weight is 183 g/mol. The molecule has 1 atom stereocenters. The fourth-order valence-electron chi connectivity index (χ4n) is 1.10. The molecule has 0 heterocycles. The lowest BCUT2D eigenvalue weighted by molar-refractivity contribution is -0.126. The number of hydrogen-bond acceptors (Lipinski definition) is 2. The Morgan fingerprint density at radius 1 is 1.62 bits per heavy atom. The number of rotatable bonds is 2. The minimum absolute atomic E-state index is 0.342. The van der Waals surface area contributed by atoms with E-state index < -0.39 is 17.8 Å². The summed E-state index contributed by atoms with van der Waals surface area (Å²) >= 11 is 0. The molecule has 1 aromatic carbocycles. The fraction of sp³-hybridized carbons (Fsp3) is 0.222. The van der Waals surface area contributed by atoms with Crippen molar-refractivity contribution in [2.24, 2.45) is 5.73 Å². The highest BCUT2D eigenvalue weighted by molar-refractivity contribution is 5.80. The number of carbonyl (C=O) groups excluding carboxylic acids is 1. The Morgan fingerprint density at radius 2 is 2.23 bits per heavy atom. The average Bonchev–Trinajstić information content (AvgIpc) is 2.03. The molecule has 0 fully saturated rings. The molecule has 13 heavy (non-hydrogen) atoms. The van der Waals surface area contributed by atoms with Crippen LogP contribution in [0.2, 0.25) is 0 Å². The van der Waals surface area contributed by atoms with Gasteiger partial charge in [0.15, 0.2) is 6.10 Å². The molecular formula is C9H10FNO2. The van der Waals surface area contributed by atoms with Crippen LogP contribution in [-0.4, -0.2) is 11.0 Å². The molecule has 0 aliphatic heterocycles. The van der Waals surface area contributed by atoms with Gasteiger partial charge in [0.1, 0.15) is 5.82 Å². The van der Waals surface area contributed by atoms with Crippen molar-refractivity contribution < 1.29 is 14.3 Å². The zero-order valence-electron chi connectivity index (χ0n) is 7.12. The maximum atomic E-state index is 12.6. The summed E-state index contributed by atoms with van der Waals surface area (Å²) in [5.74, 6) is -1.24. The Hall–Kier alpha value is -1.42. The van der Waals surface area contributed by atoms with Gasteiger partial charge in [-0.1, -0.05) is 6.07 Å². The Kier molecular flexibility index (Phi) is 2.63. The van der Waals surface area contributed by atoms with Gasteiger partial charge < -0.3 is 10.8 Å². The van der Waals surface area contributed by atoms with Crippen LogP contribution in [0.15, 0.2) is 18.2 Å². The summed E-state index contributed by atoms with van der Waals surface area (Å²) < 4.78 is 12.6. The molecule has 0 spiro atoms. The first-order valence-corrected chi connectivity index (χ1v) is 3.76. The summed E-state index contributed by atoms with van der Waals surface area (Å²) in [5.41, 5.74) is 5.74. The standard InChI is InChI=1S/C9H10FNO2/c1-5-4-6(10)2-3-7(5)8(12)9(11)13/h2-4,8,12H,1H3,(H2,11,13). The zero-order valence-corrected chi connectivity index (χ0v) is 7.12. The molecule has 0 aromatic heterocycles. The topological polar surface area (TPSA) is 63.3 Å². The second-order valence-electron chi connectivity index (χ2n) is 2.81. The number of primary amides is 1. The number of hydrogen-bond donors (Lipinski definition) is 2. The van der Waals surface area contributed by atoms with Gasteiger partial charge in [0.25, 0.3) is 5.91 Å². The molecule has 3 nitrogen and oxygen atoms in total. The highest BCUT2D eigenvalue weighted by atomic mass is 19.1. The Labute approximate surface area is 75.0 Å². The number of carbonyl (C=O) groups is 1. The quantitative estimate of drug-likeness (QED) is 0.707. The molecule has 4 heteroatoms. The van der Waals surface area contributed by atoms with Gasteiger partial charge in [-0.25, -0.2) is 4.39 Å². The number of aliphatic hydroxyl groups is 1. The van der Waals surface area contributed by atoms with E-state index in [-0.39, 0.29) is 0 Å². The molecule has 1 amide bonds. The van der Waals surface area contributed by atoms with Crippen LogP contribution in [-0.2, 0) is 4.79 Å². The highest BCUT2D eigenvalue weighted by Crippen LogP contribution is 2.17. The lowest BCUT2D eigenvalue weighted by Crippen LogP contribution is -2.21. The lowest BCUT2D eigenvalue weighted by atomic mass is 10.0. The van der Waals surface area contributed by atoms with Gasteiger partial charge in [0.05, 0.1) is 0 Å². The Bertz CT molecular complexity index is 338. The number of aryl methyl sites for hydroxylation is 1. The smallest absolute Gasteiger partial charge is 0.250 e. The SMILES string of the molecule is Cc1cc(F)ccc1C(O)C(N)=O. The van der Waals surface area contributed by atoms with Crippen molar-refractivity contribution in [3.8, 4) is 0 Å². The highest BCUT2D eigenvalue weighted by Gasteiger charge is 2.15. The number of aliphatic hydroxyl groups excluding tert-OH is 1. The van der Waals surface area contributed by atoms with Crippen molar-refractivity contribution in [1.82, 2.24) is 0 Å². The molecule has 70 valence electrons. The maximum absolute atomic E-state index is 12.6. The van der Waals surface area contributed by atoms with Crippen LogP contribution in [0.1, 0.15) is 17.2 Å². The second kappa shape index (κ2) is 3.53. The maximum Gasteiger partial charge on any atom is 0.250 e. The number of halogens is 1. The molecular weight excluding hydrogens is 173 g/mol. The van der Waals surface area contributed by atoms with Crippen LogP contribution in [0.4, 0.5) is 4.39 Å². The monoisotopic (exact) mass is 183 g/mol. The molecule has 0 saturated heterocycles. The van der Waals surface area contributed by atoms with E-state index in [1.807, 2.05) is 0 Å². The minimum atomic E-state index is -1.36. The van der Waals surface area contributed by atoms with Crippen LogP contribution in [0.25, 0.3) is 0 Å².